The molecule has 0 N–H and O–H groups in total. The fourth-order valence-corrected chi connectivity index (χ4v) is 7.39. The molecule has 0 atom stereocenters. The Kier molecular flexibility index (Phi) is 76.3. The third kappa shape index (κ3) is 81.1. The fraction of sp³-hybridized carbons (Fsp3) is 0.444. The van der Waals surface area contributed by atoms with E-state index in [2.05, 4.69) is 288 Å². The van der Waals surface area contributed by atoms with Gasteiger partial charge in [0.2, 0.25) is 0 Å². The molecular weight excluding hydrogens is 1220 g/mol. The van der Waals surface area contributed by atoms with Gasteiger partial charge in [0, 0.05) is 148 Å². The predicted molar refractivity (Wildman–Crippen MR) is 360 cm³/mol. The van der Waals surface area contributed by atoms with Crippen molar-refractivity contribution in [3.05, 3.63) is 245 Å². The maximum Gasteiger partial charge on any atom is 0.168 e. The first-order valence-corrected chi connectivity index (χ1v) is 33.7. The van der Waals surface area contributed by atoms with Crippen molar-refractivity contribution in [1.82, 2.24) is 0 Å². The Labute approximate surface area is 576 Å². The molecule has 0 fully saturated rings. The lowest BCUT2D eigenvalue weighted by Crippen LogP contribution is -2.39. The van der Waals surface area contributed by atoms with Gasteiger partial charge in [-0.3, -0.25) is 0 Å². The van der Waals surface area contributed by atoms with Crippen LogP contribution in [0.2, 0.25) is 0 Å². The zero-order chi connectivity index (χ0) is 72.2. The maximum absolute atomic E-state index is 9.89. The molecule has 0 aliphatic rings. The molecule has 8 aromatic heterocycles. The fourth-order valence-electron chi connectivity index (χ4n) is 7.39. The number of pyridine rings is 8. The molecule has 8 heterocycles. The topological polar surface area (TPSA) is 216 Å². The van der Waals surface area contributed by atoms with Crippen molar-refractivity contribution in [2.75, 3.05) is 0 Å². The van der Waals surface area contributed by atoms with Crippen molar-refractivity contribution in [3.63, 3.8) is 0 Å². The summed E-state index contributed by atoms with van der Waals surface area (Å²) in [6, 6.07) is 49.4. The molecule has 8 rings (SSSR count). The Hall–Kier alpha value is -7.14. The number of unbranched alkanes of at least 4 members (excludes halogenated alkanes) is 8. The van der Waals surface area contributed by atoms with E-state index in [-0.39, 0.29) is 0 Å². The molecule has 16 nitrogen and oxygen atoms in total. The third-order valence-corrected chi connectivity index (χ3v) is 12.4. The second-order valence-corrected chi connectivity index (χ2v) is 20.8. The summed E-state index contributed by atoms with van der Waals surface area (Å²) in [5.41, 5.74) is 0. The second kappa shape index (κ2) is 76.9. The largest absolute Gasteiger partial charge is 0.867 e. The van der Waals surface area contributed by atoms with Crippen molar-refractivity contribution >= 4 is 29.6 Å². The maximum atomic E-state index is 9.89. The Morgan fingerprint density at radius 2 is 0.250 bits per heavy atom. The molecule has 0 spiro atoms. The number of aromatic nitrogens is 8. The summed E-state index contributed by atoms with van der Waals surface area (Å²) in [6.07, 6.45) is 54.0. The van der Waals surface area contributed by atoms with Gasteiger partial charge in [0.25, 0.3) is 0 Å². The van der Waals surface area contributed by atoms with Gasteiger partial charge in [-0.1, -0.05) is 155 Å². The van der Waals surface area contributed by atoms with Gasteiger partial charge in [-0.15, -0.1) is 0 Å². The minimum atomic E-state index is -3.17. The van der Waals surface area contributed by atoms with Gasteiger partial charge in [0.1, 0.15) is 81.9 Å². The zero-order valence-corrected chi connectivity index (χ0v) is 58.7. The van der Waals surface area contributed by atoms with Gasteiger partial charge in [-0.25, -0.2) is 36.5 Å². The van der Waals surface area contributed by atoms with Crippen molar-refractivity contribution in [1.29, 1.82) is 0 Å². The van der Waals surface area contributed by atoms with Crippen molar-refractivity contribution < 1.29 is 94.0 Å². The third-order valence-electron chi connectivity index (χ3n) is 12.4. The van der Waals surface area contributed by atoms with E-state index in [1.807, 2.05) is 48.5 Å². The van der Waals surface area contributed by atoms with E-state index in [0.29, 0.717) is 0 Å². The normalized spacial score (nSPS) is 9.21. The highest BCUT2D eigenvalue weighted by Gasteiger charge is 1.99. The minimum absolute atomic E-state index is 1.15. The summed E-state index contributed by atoms with van der Waals surface area (Å²) in [7, 11) is -12.7. The predicted octanol–water partition coefficient (Wildman–Crippen LogP) is 4.84. The smallest absolute Gasteiger partial charge is 0.168 e. The van der Waals surface area contributed by atoms with E-state index in [4.69, 9.17) is 40.2 Å². The number of hydrogen-bond acceptors (Lipinski definition) is 8. The Bertz CT molecular complexity index is 2130. The summed E-state index contributed by atoms with van der Waals surface area (Å²) in [5.74, 6) is 0. The molecule has 0 aromatic carbocycles. The molecule has 0 saturated heterocycles. The molecule has 96 heavy (non-hydrogen) atoms. The minimum Gasteiger partial charge on any atom is -0.867 e. The molecule has 0 aliphatic heterocycles. The van der Waals surface area contributed by atoms with Crippen LogP contribution >= 0.6 is 0 Å². The average Bonchev–Trinajstić information content (AvgIpc) is 3.83. The molecule has 0 unspecified atom stereocenters. The first-order valence-electron chi connectivity index (χ1n) is 33.7. The first kappa shape index (κ1) is 95.3. The Balaban J connectivity index is -0.000000488. The molecule has 0 aliphatic carbocycles. The van der Waals surface area contributed by atoms with E-state index >= 15 is 0 Å². The first-order chi connectivity index (χ1) is 46.4. The number of nitrogens with zero attached hydrogens (tertiary/aromatic N) is 8. The van der Waals surface area contributed by atoms with Gasteiger partial charge >= 0.3 is 0 Å². The van der Waals surface area contributed by atoms with E-state index < -0.39 is 29.6 Å². The van der Waals surface area contributed by atoms with E-state index in [1.54, 1.807) is 0 Å². The number of halogens is 4. The lowest BCUT2D eigenvalue weighted by molar-refractivity contribution is -0.697. The van der Waals surface area contributed by atoms with Crippen LogP contribution in [0.3, 0.4) is 0 Å². The molecule has 0 saturated carbocycles. The van der Waals surface area contributed by atoms with Crippen LogP contribution < -0.4 is 76.7 Å². The molecule has 528 valence electrons. The summed E-state index contributed by atoms with van der Waals surface area (Å²) in [6.45, 7) is 26.9. The molecule has 8 aromatic rings. The Morgan fingerprint density at radius 3 is 0.312 bits per heavy atom. The highest BCUT2D eigenvalue weighted by Crippen LogP contribution is 1.92. The van der Waals surface area contributed by atoms with Crippen LogP contribution in [0.4, 0.5) is 17.3 Å². The molecule has 0 bridgehead atoms. The van der Waals surface area contributed by atoms with Crippen molar-refractivity contribution in [2.45, 2.75) is 210 Å². The summed E-state index contributed by atoms with van der Waals surface area (Å²) in [5, 5.41) is 66.4. The van der Waals surface area contributed by atoms with Crippen LogP contribution in [0.25, 0.3) is 0 Å². The van der Waals surface area contributed by atoms with Crippen molar-refractivity contribution in [3.8, 4) is 0 Å². The molecule has 24 heteroatoms. The van der Waals surface area contributed by atoms with E-state index in [1.165, 1.54) is 103 Å². The monoisotopic (exact) mass is 1340 g/mol. The second-order valence-electron chi connectivity index (χ2n) is 20.8. The summed E-state index contributed by atoms with van der Waals surface area (Å²) < 4.78 is 57.2. The summed E-state index contributed by atoms with van der Waals surface area (Å²) in [4.78, 5) is 0. The van der Waals surface area contributed by atoms with E-state index in [9.17, 15) is 17.3 Å². The quantitative estimate of drug-likeness (QED) is 0.0463. The molecular formula is C72H112B4F4N8O8. The van der Waals surface area contributed by atoms with Gasteiger partial charge in [-0.2, -0.15) is 0 Å². The van der Waals surface area contributed by atoms with Gasteiger partial charge in [-0.05, 0) is 0 Å². The van der Waals surface area contributed by atoms with Crippen LogP contribution in [0.15, 0.2) is 245 Å². The number of aryl methyl sites for hydroxylation is 8. The van der Waals surface area contributed by atoms with Crippen LogP contribution in [0, 0.1) is 0 Å². The van der Waals surface area contributed by atoms with Gasteiger partial charge < -0.3 is 57.5 Å². The molecule has 0 radical (unpaired) electrons. The Morgan fingerprint density at radius 1 is 0.177 bits per heavy atom. The van der Waals surface area contributed by atoms with Gasteiger partial charge in [0.05, 0.1) is 0 Å². The van der Waals surface area contributed by atoms with Crippen molar-refractivity contribution in [2.24, 2.45) is 0 Å². The highest BCUT2D eigenvalue weighted by molar-refractivity contribution is 6.27. The highest BCUT2D eigenvalue weighted by atomic mass is 19.1. The van der Waals surface area contributed by atoms with Crippen LogP contribution in [0.5, 0.6) is 0 Å². The lowest BCUT2D eigenvalue weighted by atomic mass is 10.3. The molecule has 0 amide bonds. The van der Waals surface area contributed by atoms with Crippen LogP contribution in [-0.2, 0) is 52.4 Å². The SMILES string of the molecule is CCCC[n+]1ccccc1.CCCC[n+]1ccccc1.CCCC[n+]1ccccc1.CCCC[n+]1ccccc1.CCCC[n+]1ccccc1.CCCC[n+]1ccccc1.CCCC[n+]1ccccc1.CCCC[n+]1ccccc1.[O-]B([O-])F.[O-]B([O-])F.[O-]B([O-])F.[O-]B([O-])F. The summed E-state index contributed by atoms with van der Waals surface area (Å²) >= 11 is 0. The van der Waals surface area contributed by atoms with Gasteiger partial charge in [0.15, 0.2) is 99.1 Å². The number of hydrogen-bond donors (Lipinski definition) is 0. The van der Waals surface area contributed by atoms with E-state index in [0.717, 1.165) is 52.4 Å². The lowest BCUT2D eigenvalue weighted by Gasteiger charge is -2.09. The zero-order valence-electron chi connectivity index (χ0n) is 58.7. The van der Waals surface area contributed by atoms with Crippen LogP contribution in [-0.4, -0.2) is 29.6 Å². The average molecular weight is 1340 g/mol. The van der Waals surface area contributed by atoms with Crippen LogP contribution in [0.1, 0.15) is 158 Å². The number of rotatable bonds is 24. The standard InChI is InChI=1S/8C9H14N.4BFO2/c8*1-2-3-7-10-8-5-4-6-9-10;4*2-1(3)4/h8*4-6,8-9H,2-3,7H2,1H3;;;;/q8*+1;4*-2.